The molecule has 0 aliphatic heterocycles. The minimum absolute atomic E-state index is 0.133. The first-order valence-corrected chi connectivity index (χ1v) is 7.90. The van der Waals surface area contributed by atoms with Gasteiger partial charge in [0.15, 0.2) is 0 Å². The molecule has 2 heteroatoms. The van der Waals surface area contributed by atoms with Crippen molar-refractivity contribution in [3.05, 3.63) is 71.3 Å². The monoisotopic (exact) mass is 279 g/mol. The van der Waals surface area contributed by atoms with Crippen LogP contribution in [0.3, 0.4) is 0 Å². The number of rotatable bonds is 4. The summed E-state index contributed by atoms with van der Waals surface area (Å²) in [7, 11) is 0. The van der Waals surface area contributed by atoms with Crippen molar-refractivity contribution in [2.75, 3.05) is 0 Å². The average molecular weight is 279 g/mol. The molecular weight excluding hydrogens is 258 g/mol. The van der Waals surface area contributed by atoms with E-state index < -0.39 is 0 Å². The molecule has 3 unspecified atom stereocenters. The molecule has 3 atom stereocenters. The Morgan fingerprint density at radius 3 is 2.38 bits per heavy atom. The number of hydrogen-bond acceptors (Lipinski definition) is 2. The van der Waals surface area contributed by atoms with Crippen LogP contribution in [-0.2, 0) is 6.42 Å². The Balaban J connectivity index is 1.55. The quantitative estimate of drug-likeness (QED) is 0.899. The number of fused-ring (bicyclic) bond motifs is 1. The number of aliphatic hydroxyl groups excluding tert-OH is 1. The zero-order valence-corrected chi connectivity index (χ0v) is 12.1. The summed E-state index contributed by atoms with van der Waals surface area (Å²) in [5.41, 5.74) is 3.73. The molecule has 4 rings (SSSR count). The van der Waals surface area contributed by atoms with E-state index in [1.54, 1.807) is 0 Å². The van der Waals surface area contributed by atoms with Gasteiger partial charge in [0.25, 0.3) is 0 Å². The average Bonchev–Trinajstić information content (AvgIpc) is 3.32. The van der Waals surface area contributed by atoms with E-state index >= 15 is 0 Å². The number of benzene rings is 2. The van der Waals surface area contributed by atoms with Gasteiger partial charge in [-0.3, -0.25) is 0 Å². The lowest BCUT2D eigenvalue weighted by molar-refractivity contribution is 0.132. The Bertz CT molecular complexity index is 620. The summed E-state index contributed by atoms with van der Waals surface area (Å²) in [5, 5.41) is 14.3. The molecule has 0 saturated heterocycles. The summed E-state index contributed by atoms with van der Waals surface area (Å²) < 4.78 is 0. The molecule has 108 valence electrons. The van der Waals surface area contributed by atoms with Gasteiger partial charge in [0, 0.05) is 12.1 Å². The van der Waals surface area contributed by atoms with Crippen LogP contribution in [0.2, 0.25) is 0 Å². The topological polar surface area (TPSA) is 32.3 Å². The van der Waals surface area contributed by atoms with Gasteiger partial charge in [0.05, 0.1) is 6.10 Å². The second kappa shape index (κ2) is 5.28. The third-order valence-electron chi connectivity index (χ3n) is 4.84. The smallest absolute Gasteiger partial charge is 0.0949 e. The van der Waals surface area contributed by atoms with Crippen LogP contribution in [0.1, 0.15) is 41.7 Å². The van der Waals surface area contributed by atoms with Gasteiger partial charge in [-0.2, -0.15) is 0 Å². The van der Waals surface area contributed by atoms with E-state index in [-0.39, 0.29) is 12.1 Å². The molecule has 0 spiro atoms. The van der Waals surface area contributed by atoms with Crippen molar-refractivity contribution in [3.63, 3.8) is 0 Å². The van der Waals surface area contributed by atoms with E-state index in [2.05, 4.69) is 53.8 Å². The Morgan fingerprint density at radius 1 is 0.952 bits per heavy atom. The third kappa shape index (κ3) is 2.50. The van der Waals surface area contributed by atoms with Gasteiger partial charge in [-0.25, -0.2) is 0 Å². The van der Waals surface area contributed by atoms with Gasteiger partial charge in [0.1, 0.15) is 0 Å². The Kier molecular flexibility index (Phi) is 3.28. The molecule has 2 nitrogen and oxygen atoms in total. The Labute approximate surface area is 125 Å². The van der Waals surface area contributed by atoms with Crippen molar-refractivity contribution in [2.45, 2.75) is 37.5 Å². The molecule has 1 saturated carbocycles. The summed E-state index contributed by atoms with van der Waals surface area (Å²) in [6.45, 7) is 0. The highest BCUT2D eigenvalue weighted by atomic mass is 16.3. The first-order chi connectivity index (χ1) is 10.3. The predicted octanol–water partition coefficient (Wildman–Crippen LogP) is 3.39. The van der Waals surface area contributed by atoms with Crippen molar-refractivity contribution in [1.82, 2.24) is 5.32 Å². The first kappa shape index (κ1) is 13.1. The van der Waals surface area contributed by atoms with E-state index in [4.69, 9.17) is 0 Å². The summed E-state index contributed by atoms with van der Waals surface area (Å²) in [6, 6.07) is 19.4. The van der Waals surface area contributed by atoms with Crippen molar-refractivity contribution < 1.29 is 5.11 Å². The van der Waals surface area contributed by atoms with E-state index in [1.807, 2.05) is 6.07 Å². The fourth-order valence-electron chi connectivity index (χ4n) is 3.55. The van der Waals surface area contributed by atoms with Crippen LogP contribution in [0.15, 0.2) is 54.6 Å². The lowest BCUT2D eigenvalue weighted by Gasteiger charge is -2.25. The zero-order chi connectivity index (χ0) is 14.2. The molecule has 21 heavy (non-hydrogen) atoms. The van der Waals surface area contributed by atoms with Gasteiger partial charge >= 0.3 is 0 Å². The Morgan fingerprint density at radius 2 is 1.67 bits per heavy atom. The third-order valence-corrected chi connectivity index (χ3v) is 4.84. The SMILES string of the molecule is OC1c2ccccc2CC1NC(c1ccccc1)C1CC1. The highest BCUT2D eigenvalue weighted by molar-refractivity contribution is 5.36. The van der Waals surface area contributed by atoms with Crippen molar-refractivity contribution in [3.8, 4) is 0 Å². The zero-order valence-electron chi connectivity index (χ0n) is 12.1. The van der Waals surface area contributed by atoms with E-state index in [1.165, 1.54) is 24.0 Å². The maximum Gasteiger partial charge on any atom is 0.0949 e. The molecule has 2 N–H and O–H groups in total. The highest BCUT2D eigenvalue weighted by Crippen LogP contribution is 2.43. The predicted molar refractivity (Wildman–Crippen MR) is 83.9 cm³/mol. The van der Waals surface area contributed by atoms with E-state index in [9.17, 15) is 5.11 Å². The molecule has 2 aromatic rings. The van der Waals surface area contributed by atoms with Gasteiger partial charge in [-0.05, 0) is 41.9 Å². The number of nitrogens with one attached hydrogen (secondary N) is 1. The van der Waals surface area contributed by atoms with Crippen LogP contribution < -0.4 is 5.32 Å². The van der Waals surface area contributed by atoms with Crippen molar-refractivity contribution in [1.29, 1.82) is 0 Å². The van der Waals surface area contributed by atoms with Crippen LogP contribution >= 0.6 is 0 Å². The minimum atomic E-state index is -0.383. The molecule has 0 aromatic heterocycles. The molecule has 2 aromatic carbocycles. The standard InChI is InChI=1S/C19H21NO/c21-19-16-9-5-4-8-15(16)12-17(19)20-18(14-10-11-14)13-6-2-1-3-7-13/h1-9,14,17-21H,10-12H2. The van der Waals surface area contributed by atoms with Crippen LogP contribution in [0.5, 0.6) is 0 Å². The number of aliphatic hydroxyl groups is 1. The van der Waals surface area contributed by atoms with Crippen molar-refractivity contribution >= 4 is 0 Å². The van der Waals surface area contributed by atoms with E-state index in [0.29, 0.717) is 6.04 Å². The van der Waals surface area contributed by atoms with Crippen LogP contribution in [-0.4, -0.2) is 11.1 Å². The second-order valence-electron chi connectivity index (χ2n) is 6.35. The molecule has 1 fully saturated rings. The summed E-state index contributed by atoms with van der Waals surface area (Å²) in [5.74, 6) is 0.725. The summed E-state index contributed by atoms with van der Waals surface area (Å²) >= 11 is 0. The maximum absolute atomic E-state index is 10.6. The molecular formula is C19H21NO. The molecule has 0 bridgehead atoms. The largest absolute Gasteiger partial charge is 0.387 e. The minimum Gasteiger partial charge on any atom is -0.387 e. The molecule has 0 heterocycles. The molecule has 0 radical (unpaired) electrons. The van der Waals surface area contributed by atoms with Gasteiger partial charge in [-0.1, -0.05) is 54.6 Å². The van der Waals surface area contributed by atoms with Crippen LogP contribution in [0.4, 0.5) is 0 Å². The fourth-order valence-corrected chi connectivity index (χ4v) is 3.55. The number of hydrogen-bond donors (Lipinski definition) is 2. The fraction of sp³-hybridized carbons (Fsp3) is 0.368. The van der Waals surface area contributed by atoms with Gasteiger partial charge in [-0.15, -0.1) is 0 Å². The molecule has 2 aliphatic carbocycles. The maximum atomic E-state index is 10.6. The normalized spacial score (nSPS) is 25.6. The van der Waals surface area contributed by atoms with Crippen LogP contribution in [0.25, 0.3) is 0 Å². The summed E-state index contributed by atoms with van der Waals surface area (Å²) in [6.07, 6.45) is 3.13. The van der Waals surface area contributed by atoms with Gasteiger partial charge < -0.3 is 10.4 Å². The lowest BCUT2D eigenvalue weighted by atomic mass is 10.00. The second-order valence-corrected chi connectivity index (χ2v) is 6.35. The van der Waals surface area contributed by atoms with Crippen LogP contribution in [0, 0.1) is 5.92 Å². The highest BCUT2D eigenvalue weighted by Gasteiger charge is 2.37. The molecule has 2 aliphatic rings. The summed E-state index contributed by atoms with van der Waals surface area (Å²) in [4.78, 5) is 0. The lowest BCUT2D eigenvalue weighted by Crippen LogP contribution is -2.37. The first-order valence-electron chi connectivity index (χ1n) is 7.90. The van der Waals surface area contributed by atoms with E-state index in [0.717, 1.165) is 17.9 Å². The Hall–Kier alpha value is -1.64. The van der Waals surface area contributed by atoms with Gasteiger partial charge in [0.2, 0.25) is 0 Å². The molecule has 0 amide bonds. The van der Waals surface area contributed by atoms with Crippen molar-refractivity contribution in [2.24, 2.45) is 5.92 Å².